The van der Waals surface area contributed by atoms with E-state index in [0.29, 0.717) is 35.0 Å². The summed E-state index contributed by atoms with van der Waals surface area (Å²) in [5.74, 6) is -1.88. The van der Waals surface area contributed by atoms with Crippen LogP contribution >= 0.6 is 0 Å². The van der Waals surface area contributed by atoms with Crippen molar-refractivity contribution in [1.82, 2.24) is 10.3 Å². The third-order valence-electron chi connectivity index (χ3n) is 5.50. The van der Waals surface area contributed by atoms with Crippen molar-refractivity contribution in [3.05, 3.63) is 59.4 Å². The molecule has 0 spiro atoms. The molecule has 0 radical (unpaired) electrons. The van der Waals surface area contributed by atoms with Gasteiger partial charge in [-0.05, 0) is 60.7 Å². The number of carbonyl (C=O) groups is 1. The lowest BCUT2D eigenvalue weighted by atomic mass is 9.80. The van der Waals surface area contributed by atoms with Crippen molar-refractivity contribution in [3.63, 3.8) is 0 Å². The number of hydrogen-bond donors (Lipinski definition) is 3. The molecule has 1 amide bonds. The van der Waals surface area contributed by atoms with E-state index in [1.165, 1.54) is 30.3 Å². The van der Waals surface area contributed by atoms with Crippen LogP contribution in [0.4, 0.5) is 18.0 Å². The molecule has 0 unspecified atom stereocenters. The predicted molar refractivity (Wildman–Crippen MR) is 105 cm³/mol. The van der Waals surface area contributed by atoms with Gasteiger partial charge in [-0.15, -0.1) is 0 Å². The smallest absolute Gasteiger partial charge is 0.407 e. The van der Waals surface area contributed by atoms with Crippen LogP contribution in [0.25, 0.3) is 22.2 Å². The van der Waals surface area contributed by atoms with Gasteiger partial charge in [0, 0.05) is 30.1 Å². The SMILES string of the molecule is O=C(NCC1(O)CCC1)OCCc1c(-c2ccc(F)cc2)[nH]c2c(F)cc(F)cc12. The first-order chi connectivity index (χ1) is 14.3. The molecule has 1 saturated carbocycles. The molecule has 0 aliphatic heterocycles. The van der Waals surface area contributed by atoms with Gasteiger partial charge in [-0.1, -0.05) is 0 Å². The number of hydrogen-bond acceptors (Lipinski definition) is 3. The summed E-state index contributed by atoms with van der Waals surface area (Å²) in [4.78, 5) is 14.8. The summed E-state index contributed by atoms with van der Waals surface area (Å²) >= 11 is 0. The number of aromatic nitrogens is 1. The molecule has 1 heterocycles. The van der Waals surface area contributed by atoms with Gasteiger partial charge in [0.1, 0.15) is 17.5 Å². The number of carbonyl (C=O) groups excluding carboxylic acids is 1. The van der Waals surface area contributed by atoms with Crippen molar-refractivity contribution in [2.75, 3.05) is 13.2 Å². The van der Waals surface area contributed by atoms with Gasteiger partial charge >= 0.3 is 6.09 Å². The highest BCUT2D eigenvalue weighted by Crippen LogP contribution is 2.33. The van der Waals surface area contributed by atoms with E-state index in [4.69, 9.17) is 4.74 Å². The monoisotopic (exact) mass is 418 g/mol. The van der Waals surface area contributed by atoms with Crippen LogP contribution in [-0.4, -0.2) is 34.9 Å². The van der Waals surface area contributed by atoms with Gasteiger partial charge in [-0.25, -0.2) is 18.0 Å². The van der Waals surface area contributed by atoms with Gasteiger partial charge in [-0.3, -0.25) is 0 Å². The van der Waals surface area contributed by atoms with E-state index < -0.39 is 29.1 Å². The van der Waals surface area contributed by atoms with Crippen molar-refractivity contribution in [1.29, 1.82) is 0 Å². The maximum absolute atomic E-state index is 14.3. The topological polar surface area (TPSA) is 74.3 Å². The van der Waals surface area contributed by atoms with Crippen molar-refractivity contribution in [2.24, 2.45) is 0 Å². The molecule has 158 valence electrons. The first-order valence-corrected chi connectivity index (χ1v) is 9.73. The quantitative estimate of drug-likeness (QED) is 0.554. The molecule has 1 aromatic heterocycles. The first kappa shape index (κ1) is 20.3. The number of benzene rings is 2. The highest BCUT2D eigenvalue weighted by Gasteiger charge is 2.34. The summed E-state index contributed by atoms with van der Waals surface area (Å²) in [5, 5.41) is 12.9. The Morgan fingerprint density at radius 2 is 1.87 bits per heavy atom. The molecular weight excluding hydrogens is 397 g/mol. The van der Waals surface area contributed by atoms with Crippen LogP contribution in [0.5, 0.6) is 0 Å². The number of ether oxygens (including phenoxy) is 1. The zero-order chi connectivity index (χ0) is 21.3. The van der Waals surface area contributed by atoms with E-state index in [1.54, 1.807) is 0 Å². The second-order valence-corrected chi connectivity index (χ2v) is 7.61. The van der Waals surface area contributed by atoms with Gasteiger partial charge in [-0.2, -0.15) is 0 Å². The lowest BCUT2D eigenvalue weighted by Crippen LogP contribution is -2.47. The molecule has 4 rings (SSSR count). The lowest BCUT2D eigenvalue weighted by molar-refractivity contribution is -0.0309. The normalized spacial score (nSPS) is 15.1. The number of H-pyrrole nitrogens is 1. The van der Waals surface area contributed by atoms with Crippen molar-refractivity contribution in [2.45, 2.75) is 31.3 Å². The van der Waals surface area contributed by atoms with E-state index in [-0.39, 0.29) is 25.1 Å². The third kappa shape index (κ3) is 4.14. The predicted octanol–water partition coefficient (Wildman–Crippen LogP) is 4.44. The Morgan fingerprint density at radius 3 is 2.53 bits per heavy atom. The average molecular weight is 418 g/mol. The van der Waals surface area contributed by atoms with Gasteiger partial charge < -0.3 is 20.1 Å². The second-order valence-electron chi connectivity index (χ2n) is 7.61. The van der Waals surface area contributed by atoms with Crippen LogP contribution in [0.2, 0.25) is 0 Å². The summed E-state index contributed by atoms with van der Waals surface area (Å²) in [5.41, 5.74) is 0.921. The molecule has 5 nitrogen and oxygen atoms in total. The zero-order valence-corrected chi connectivity index (χ0v) is 16.1. The fraction of sp³-hybridized carbons (Fsp3) is 0.318. The molecule has 0 saturated heterocycles. The highest BCUT2D eigenvalue weighted by molar-refractivity contribution is 5.91. The minimum Gasteiger partial charge on any atom is -0.449 e. The van der Waals surface area contributed by atoms with Crippen molar-refractivity contribution < 1.29 is 27.8 Å². The number of aliphatic hydroxyl groups is 1. The third-order valence-corrected chi connectivity index (χ3v) is 5.50. The summed E-state index contributed by atoms with van der Waals surface area (Å²) in [7, 11) is 0. The number of amides is 1. The van der Waals surface area contributed by atoms with Crippen LogP contribution in [-0.2, 0) is 11.2 Å². The van der Waals surface area contributed by atoms with Gasteiger partial charge in [0.05, 0.1) is 17.7 Å². The summed E-state index contributed by atoms with van der Waals surface area (Å²) < 4.78 is 46.6. The molecule has 0 bridgehead atoms. The Kier molecular flexibility index (Phi) is 5.42. The molecule has 1 aliphatic rings. The molecule has 0 atom stereocenters. The minimum atomic E-state index is -0.860. The van der Waals surface area contributed by atoms with Crippen LogP contribution < -0.4 is 5.32 Å². The van der Waals surface area contributed by atoms with E-state index in [0.717, 1.165) is 12.5 Å². The minimum absolute atomic E-state index is 0.0382. The average Bonchev–Trinajstić information content (AvgIpc) is 3.04. The second kappa shape index (κ2) is 8.02. The molecular formula is C22H21F3N2O3. The van der Waals surface area contributed by atoms with Gasteiger partial charge in [0.2, 0.25) is 0 Å². The van der Waals surface area contributed by atoms with Crippen molar-refractivity contribution in [3.8, 4) is 11.3 Å². The zero-order valence-electron chi connectivity index (χ0n) is 16.1. The fourth-order valence-corrected chi connectivity index (χ4v) is 3.69. The summed E-state index contributed by atoms with van der Waals surface area (Å²) in [6.07, 6.45) is 1.72. The van der Waals surface area contributed by atoms with Crippen LogP contribution in [0.3, 0.4) is 0 Å². The largest absolute Gasteiger partial charge is 0.449 e. The van der Waals surface area contributed by atoms with E-state index in [9.17, 15) is 23.1 Å². The Morgan fingerprint density at radius 1 is 1.13 bits per heavy atom. The Labute approximate surface area is 170 Å². The molecule has 1 aliphatic carbocycles. The fourth-order valence-electron chi connectivity index (χ4n) is 3.69. The van der Waals surface area contributed by atoms with Crippen LogP contribution in [0.1, 0.15) is 24.8 Å². The Bertz CT molecular complexity index is 1080. The molecule has 3 N–H and O–H groups in total. The van der Waals surface area contributed by atoms with Gasteiger partial charge in [0.25, 0.3) is 0 Å². The van der Waals surface area contributed by atoms with E-state index >= 15 is 0 Å². The Balaban J connectivity index is 1.53. The summed E-state index contributed by atoms with van der Waals surface area (Å²) in [6.45, 7) is 0.0830. The van der Waals surface area contributed by atoms with E-state index in [1.807, 2.05) is 0 Å². The molecule has 3 aromatic rings. The molecule has 8 heteroatoms. The number of rotatable bonds is 6. The number of nitrogens with one attached hydrogen (secondary N) is 2. The highest BCUT2D eigenvalue weighted by atomic mass is 19.1. The standard InChI is InChI=1S/C22H21F3N2O3/c23-14-4-2-13(3-5-14)19-16(17-10-15(24)11-18(25)20(17)27-19)6-9-30-21(28)26-12-22(29)7-1-8-22/h2-5,10-11,27,29H,1,6-9,12H2,(H,26,28). The van der Waals surface area contributed by atoms with Crippen molar-refractivity contribution >= 4 is 17.0 Å². The summed E-state index contributed by atoms with van der Waals surface area (Å²) in [6, 6.07) is 7.61. The van der Waals surface area contributed by atoms with E-state index in [2.05, 4.69) is 10.3 Å². The number of halogens is 3. The number of fused-ring (bicyclic) bond motifs is 1. The number of alkyl carbamates (subject to hydrolysis) is 1. The first-order valence-electron chi connectivity index (χ1n) is 9.73. The Hall–Kier alpha value is -3.00. The maximum atomic E-state index is 14.3. The number of aromatic amines is 1. The molecule has 2 aromatic carbocycles. The molecule has 1 fully saturated rings. The lowest BCUT2D eigenvalue weighted by Gasteiger charge is -2.36. The van der Waals surface area contributed by atoms with Crippen LogP contribution in [0.15, 0.2) is 36.4 Å². The van der Waals surface area contributed by atoms with Crippen LogP contribution in [0, 0.1) is 17.5 Å². The van der Waals surface area contributed by atoms with Gasteiger partial charge in [0.15, 0.2) is 0 Å². The molecule has 30 heavy (non-hydrogen) atoms. The maximum Gasteiger partial charge on any atom is 0.407 e.